The average Bonchev–Trinajstić information content (AvgIpc) is 3.07. The molecule has 0 amide bonds. The summed E-state index contributed by atoms with van der Waals surface area (Å²) in [6, 6.07) is 9.28. The van der Waals surface area contributed by atoms with Gasteiger partial charge in [-0.1, -0.05) is 19.1 Å². The summed E-state index contributed by atoms with van der Waals surface area (Å²) in [5.41, 5.74) is 2.22. The molecule has 28 heavy (non-hydrogen) atoms. The Kier molecular flexibility index (Phi) is 4.84. The van der Waals surface area contributed by atoms with Crippen molar-refractivity contribution in [3.63, 3.8) is 0 Å². The van der Waals surface area contributed by atoms with Crippen LogP contribution in [0.4, 0.5) is 0 Å². The second-order valence-electron chi connectivity index (χ2n) is 6.16. The molecule has 3 aromatic heterocycles. The Morgan fingerprint density at radius 3 is 2.61 bits per heavy atom. The van der Waals surface area contributed by atoms with Crippen molar-refractivity contribution in [3.8, 4) is 17.1 Å². The summed E-state index contributed by atoms with van der Waals surface area (Å²) < 4.78 is 7.44. The Morgan fingerprint density at radius 2 is 1.86 bits per heavy atom. The maximum Gasteiger partial charge on any atom is 0.279 e. The van der Waals surface area contributed by atoms with E-state index in [0.717, 1.165) is 11.3 Å². The first-order valence-corrected chi connectivity index (χ1v) is 9.19. The van der Waals surface area contributed by atoms with Crippen molar-refractivity contribution in [1.82, 2.24) is 29.7 Å². The van der Waals surface area contributed by atoms with Gasteiger partial charge in [-0.2, -0.15) is 5.10 Å². The summed E-state index contributed by atoms with van der Waals surface area (Å²) in [4.78, 5) is 28.8. The second kappa shape index (κ2) is 7.59. The minimum Gasteiger partial charge on any atom is -0.493 e. The highest BCUT2D eigenvalue weighted by Crippen LogP contribution is 2.28. The lowest BCUT2D eigenvalue weighted by Crippen LogP contribution is -2.10. The summed E-state index contributed by atoms with van der Waals surface area (Å²) in [7, 11) is 0. The molecule has 0 radical (unpaired) electrons. The number of H-pyrrole nitrogens is 1. The van der Waals surface area contributed by atoms with E-state index in [1.54, 1.807) is 23.1 Å². The van der Waals surface area contributed by atoms with Gasteiger partial charge in [0.05, 0.1) is 17.9 Å². The number of hydrogen-bond donors (Lipinski definition) is 1. The SMILES string of the molecule is CCOc1ccccc1-c1nc2c(CC)n(Cc3ncccn3)nc2c(=O)[nH]1. The highest BCUT2D eigenvalue weighted by atomic mass is 16.5. The zero-order valence-corrected chi connectivity index (χ0v) is 15.7. The minimum atomic E-state index is -0.284. The Hall–Kier alpha value is -3.55. The van der Waals surface area contributed by atoms with Crippen LogP contribution in [0.3, 0.4) is 0 Å². The van der Waals surface area contributed by atoms with Gasteiger partial charge in [0, 0.05) is 12.4 Å². The third kappa shape index (κ3) is 3.24. The minimum absolute atomic E-state index is 0.284. The van der Waals surface area contributed by atoms with E-state index in [2.05, 4.69) is 20.1 Å². The number of para-hydroxylation sites is 1. The lowest BCUT2D eigenvalue weighted by molar-refractivity contribution is 0.341. The van der Waals surface area contributed by atoms with Crippen LogP contribution in [0.1, 0.15) is 25.4 Å². The van der Waals surface area contributed by atoms with Crippen LogP contribution < -0.4 is 10.3 Å². The zero-order chi connectivity index (χ0) is 19.5. The van der Waals surface area contributed by atoms with E-state index >= 15 is 0 Å². The monoisotopic (exact) mass is 376 g/mol. The summed E-state index contributed by atoms with van der Waals surface area (Å²) >= 11 is 0. The van der Waals surface area contributed by atoms with Gasteiger partial charge in [0.25, 0.3) is 5.56 Å². The van der Waals surface area contributed by atoms with Crippen molar-refractivity contribution in [2.75, 3.05) is 6.61 Å². The maximum atomic E-state index is 12.7. The van der Waals surface area contributed by atoms with Crippen LogP contribution in [0.15, 0.2) is 47.5 Å². The van der Waals surface area contributed by atoms with Crippen molar-refractivity contribution >= 4 is 11.0 Å². The number of nitrogens with one attached hydrogen (secondary N) is 1. The fraction of sp³-hybridized carbons (Fsp3) is 0.250. The third-order valence-corrected chi connectivity index (χ3v) is 4.39. The summed E-state index contributed by atoms with van der Waals surface area (Å²) in [5, 5.41) is 4.47. The summed E-state index contributed by atoms with van der Waals surface area (Å²) in [5.74, 6) is 1.77. The predicted molar refractivity (Wildman–Crippen MR) is 105 cm³/mol. The van der Waals surface area contributed by atoms with Crippen LogP contribution in [0, 0.1) is 0 Å². The largest absolute Gasteiger partial charge is 0.493 e. The topological polar surface area (TPSA) is 98.6 Å². The number of aryl methyl sites for hydroxylation is 1. The molecule has 0 saturated carbocycles. The van der Waals surface area contributed by atoms with Gasteiger partial charge >= 0.3 is 0 Å². The normalized spacial score (nSPS) is 11.1. The average molecular weight is 376 g/mol. The lowest BCUT2D eigenvalue weighted by atomic mass is 10.2. The third-order valence-electron chi connectivity index (χ3n) is 4.39. The molecule has 0 saturated heterocycles. The number of fused-ring (bicyclic) bond motifs is 1. The van der Waals surface area contributed by atoms with Gasteiger partial charge in [-0.15, -0.1) is 0 Å². The van der Waals surface area contributed by atoms with Crippen LogP contribution in [0.5, 0.6) is 5.75 Å². The molecule has 0 aliphatic rings. The molecule has 8 heteroatoms. The van der Waals surface area contributed by atoms with Crippen LogP contribution in [0.25, 0.3) is 22.4 Å². The first-order valence-electron chi connectivity index (χ1n) is 9.19. The molecule has 0 aliphatic carbocycles. The van der Waals surface area contributed by atoms with Crippen LogP contribution in [0.2, 0.25) is 0 Å². The highest BCUT2D eigenvalue weighted by molar-refractivity contribution is 5.79. The smallest absolute Gasteiger partial charge is 0.279 e. The van der Waals surface area contributed by atoms with Gasteiger partial charge in [0.15, 0.2) is 5.52 Å². The number of benzene rings is 1. The van der Waals surface area contributed by atoms with E-state index in [1.807, 2.05) is 38.1 Å². The Morgan fingerprint density at radius 1 is 1.07 bits per heavy atom. The van der Waals surface area contributed by atoms with Crippen molar-refractivity contribution in [1.29, 1.82) is 0 Å². The molecular formula is C20H20N6O2. The first kappa shape index (κ1) is 17.8. The van der Waals surface area contributed by atoms with E-state index in [-0.39, 0.29) is 5.56 Å². The van der Waals surface area contributed by atoms with Gasteiger partial charge in [0.1, 0.15) is 29.5 Å². The molecular weight excluding hydrogens is 356 g/mol. The molecule has 4 aromatic rings. The Balaban J connectivity index is 1.86. The molecule has 3 heterocycles. The molecule has 142 valence electrons. The quantitative estimate of drug-likeness (QED) is 0.555. The number of rotatable bonds is 6. The van der Waals surface area contributed by atoms with E-state index in [9.17, 15) is 4.79 Å². The van der Waals surface area contributed by atoms with Gasteiger partial charge in [-0.25, -0.2) is 15.0 Å². The number of hydrogen-bond acceptors (Lipinski definition) is 6. The lowest BCUT2D eigenvalue weighted by Gasteiger charge is -2.09. The molecule has 0 spiro atoms. The number of ether oxygens (including phenoxy) is 1. The predicted octanol–water partition coefficient (Wildman–Crippen LogP) is 2.59. The standard InChI is InChI=1S/C20H20N6O2/c1-3-14-17-18(25-26(14)12-16-21-10-7-11-22-16)20(27)24-19(23-17)13-8-5-6-9-15(13)28-4-2/h5-11H,3-4,12H2,1-2H3,(H,23,24,27). The van der Waals surface area contributed by atoms with E-state index in [4.69, 9.17) is 9.72 Å². The Bertz CT molecular complexity index is 1170. The van der Waals surface area contributed by atoms with Crippen LogP contribution in [-0.2, 0) is 13.0 Å². The fourth-order valence-electron chi connectivity index (χ4n) is 3.16. The van der Waals surface area contributed by atoms with Crippen molar-refractivity contribution in [3.05, 3.63) is 64.6 Å². The molecule has 0 atom stereocenters. The molecule has 8 nitrogen and oxygen atoms in total. The van der Waals surface area contributed by atoms with Crippen LogP contribution in [-0.4, -0.2) is 36.3 Å². The highest BCUT2D eigenvalue weighted by Gasteiger charge is 2.18. The molecule has 4 rings (SSSR count). The Labute approximate surface area is 161 Å². The molecule has 1 N–H and O–H groups in total. The van der Waals surface area contributed by atoms with E-state index in [0.29, 0.717) is 48.0 Å². The maximum absolute atomic E-state index is 12.7. The van der Waals surface area contributed by atoms with Crippen molar-refractivity contribution in [2.45, 2.75) is 26.8 Å². The number of aromatic amines is 1. The zero-order valence-electron chi connectivity index (χ0n) is 15.7. The van der Waals surface area contributed by atoms with Gasteiger partial charge in [-0.3, -0.25) is 9.48 Å². The van der Waals surface area contributed by atoms with Crippen molar-refractivity contribution in [2.24, 2.45) is 0 Å². The van der Waals surface area contributed by atoms with Crippen LogP contribution >= 0.6 is 0 Å². The number of aromatic nitrogens is 6. The van der Waals surface area contributed by atoms with Gasteiger partial charge < -0.3 is 9.72 Å². The van der Waals surface area contributed by atoms with E-state index < -0.39 is 0 Å². The second-order valence-corrected chi connectivity index (χ2v) is 6.16. The van der Waals surface area contributed by atoms with Gasteiger partial charge in [-0.05, 0) is 31.5 Å². The molecule has 1 aromatic carbocycles. The summed E-state index contributed by atoms with van der Waals surface area (Å²) in [6.45, 7) is 4.83. The molecule has 0 aliphatic heterocycles. The fourth-order valence-corrected chi connectivity index (χ4v) is 3.16. The molecule has 0 unspecified atom stereocenters. The number of nitrogens with zero attached hydrogens (tertiary/aromatic N) is 5. The van der Waals surface area contributed by atoms with Gasteiger partial charge in [0.2, 0.25) is 0 Å². The van der Waals surface area contributed by atoms with Crippen molar-refractivity contribution < 1.29 is 4.74 Å². The van der Waals surface area contributed by atoms with E-state index in [1.165, 1.54) is 0 Å². The molecule has 0 bridgehead atoms. The summed E-state index contributed by atoms with van der Waals surface area (Å²) in [6.07, 6.45) is 4.04. The first-order chi connectivity index (χ1) is 13.7. The molecule has 0 fully saturated rings.